The molecule has 4 aromatic rings. The Labute approximate surface area is 160 Å². The predicted molar refractivity (Wildman–Crippen MR) is 101 cm³/mol. The van der Waals surface area contributed by atoms with E-state index in [9.17, 15) is 0 Å². The molecule has 6 heteroatoms. The van der Waals surface area contributed by atoms with Crippen LogP contribution in [0.1, 0.15) is 0 Å². The summed E-state index contributed by atoms with van der Waals surface area (Å²) < 4.78 is 3.19. The molecule has 120 valence electrons. The Bertz CT molecular complexity index is 873. The zero-order chi connectivity index (χ0) is 16.1. The minimum absolute atomic E-state index is 0. The number of pyridine rings is 2. The molecule has 0 saturated heterocycles. The van der Waals surface area contributed by atoms with E-state index in [1.165, 1.54) is 0 Å². The molecule has 0 fully saturated rings. The van der Waals surface area contributed by atoms with Gasteiger partial charge in [0.2, 0.25) is 0 Å². The first-order valence-corrected chi connectivity index (χ1v) is 7.55. The second-order valence-corrected chi connectivity index (χ2v) is 5.30. The van der Waals surface area contributed by atoms with Crippen LogP contribution in [0.4, 0.5) is 0 Å². The summed E-state index contributed by atoms with van der Waals surface area (Å²) in [5, 5.41) is 2.30. The summed E-state index contributed by atoms with van der Waals surface area (Å²) in [6.07, 6.45) is 0. The molecule has 0 atom stereocenters. The Morgan fingerprint density at radius 3 is 1.38 bits per heavy atom. The Morgan fingerprint density at radius 2 is 0.958 bits per heavy atom. The summed E-state index contributed by atoms with van der Waals surface area (Å²) in [6.45, 7) is 0. The van der Waals surface area contributed by atoms with Crippen LogP contribution in [-0.2, 0) is 3.84 Å². The van der Waals surface area contributed by atoms with Gasteiger partial charge in [-0.05, 0) is 24.3 Å². The van der Waals surface area contributed by atoms with Gasteiger partial charge in [-0.3, -0.25) is 0 Å². The van der Waals surface area contributed by atoms with Gasteiger partial charge < -0.3 is 0 Å². The van der Waals surface area contributed by atoms with Gasteiger partial charge in [0, 0.05) is 27.8 Å². The van der Waals surface area contributed by atoms with E-state index in [0.29, 0.717) is 0 Å². The first-order chi connectivity index (χ1) is 11.3. The summed E-state index contributed by atoms with van der Waals surface area (Å²) in [6, 6.07) is 24.5. The predicted octanol–water partition coefficient (Wildman–Crippen LogP) is 5.38. The topological polar surface area (TPSA) is 35.0 Å². The normalized spacial score (nSPS) is 9.92. The molecule has 0 amide bonds. The van der Waals surface area contributed by atoms with Gasteiger partial charge in [-0.2, -0.15) is 3.84 Å². The van der Waals surface area contributed by atoms with Crippen molar-refractivity contribution < 1.29 is 3.84 Å². The first kappa shape index (κ1) is 18.7. The standard InChI is InChI=1S/C18H12N2.Cl2O.Se/c1-3-7-15-13(5-1)9-11-17(19-15)18-12-10-14-6-2-4-8-16(14)20-18;1-3-2;/h1-12H;;. The number of halogens is 2. The van der Waals surface area contributed by atoms with Crippen LogP contribution in [0.5, 0.6) is 0 Å². The van der Waals surface area contributed by atoms with Crippen LogP contribution in [0.3, 0.4) is 0 Å². The van der Waals surface area contributed by atoms with Crippen molar-refractivity contribution in [2.45, 2.75) is 0 Å². The fourth-order valence-corrected chi connectivity index (χ4v) is 2.42. The van der Waals surface area contributed by atoms with Crippen molar-refractivity contribution in [2.75, 3.05) is 0 Å². The second kappa shape index (κ2) is 8.97. The zero-order valence-corrected chi connectivity index (χ0v) is 15.6. The monoisotopic (exact) mass is 422 g/mol. The summed E-state index contributed by atoms with van der Waals surface area (Å²) in [5.74, 6) is 0. The van der Waals surface area contributed by atoms with E-state index in [1.54, 1.807) is 0 Å². The first-order valence-electron chi connectivity index (χ1n) is 6.93. The molecule has 2 radical (unpaired) electrons. The molecule has 0 aliphatic carbocycles. The van der Waals surface area contributed by atoms with E-state index >= 15 is 0 Å². The van der Waals surface area contributed by atoms with Crippen molar-refractivity contribution in [3.8, 4) is 11.4 Å². The quantitative estimate of drug-likeness (QED) is 0.387. The maximum atomic E-state index is 4.69. The number of aromatic nitrogens is 2. The molecule has 0 aliphatic rings. The average molecular weight is 422 g/mol. The van der Waals surface area contributed by atoms with Crippen LogP contribution < -0.4 is 0 Å². The molecule has 0 saturated carbocycles. The summed E-state index contributed by atoms with van der Waals surface area (Å²) >= 11 is 8.53. The van der Waals surface area contributed by atoms with Crippen molar-refractivity contribution in [3.05, 3.63) is 72.8 Å². The number of rotatable bonds is 1. The molecule has 4 rings (SSSR count). The van der Waals surface area contributed by atoms with Crippen LogP contribution in [0.15, 0.2) is 72.8 Å². The van der Waals surface area contributed by atoms with Gasteiger partial charge in [-0.15, -0.1) is 0 Å². The van der Waals surface area contributed by atoms with Gasteiger partial charge in [0.1, 0.15) is 0 Å². The second-order valence-electron chi connectivity index (χ2n) is 4.84. The molecule has 24 heavy (non-hydrogen) atoms. The molecule has 0 spiro atoms. The Balaban J connectivity index is 0.000000487. The number of hydrogen-bond donors (Lipinski definition) is 0. The van der Waals surface area contributed by atoms with Crippen LogP contribution in [0, 0.1) is 0 Å². The molecular formula is C18H12Cl2N2OSe. The van der Waals surface area contributed by atoms with Gasteiger partial charge >= 0.3 is 0 Å². The molecule has 0 unspecified atom stereocenters. The molecule has 0 aliphatic heterocycles. The number of fused-ring (bicyclic) bond motifs is 2. The van der Waals surface area contributed by atoms with E-state index in [1.807, 2.05) is 48.5 Å². The van der Waals surface area contributed by atoms with Gasteiger partial charge in [0.25, 0.3) is 0 Å². The summed E-state index contributed by atoms with van der Waals surface area (Å²) in [4.78, 5) is 9.38. The Kier molecular flexibility index (Phi) is 6.98. The van der Waals surface area contributed by atoms with Gasteiger partial charge in [-0.25, -0.2) is 9.97 Å². The number of nitrogens with zero attached hydrogens (tertiary/aromatic N) is 2. The summed E-state index contributed by atoms with van der Waals surface area (Å²) in [7, 11) is 0. The van der Waals surface area contributed by atoms with Crippen molar-refractivity contribution >= 4 is 62.6 Å². The molecule has 2 aromatic heterocycles. The van der Waals surface area contributed by atoms with Gasteiger partial charge in [0.05, 0.1) is 46.2 Å². The molecule has 0 bridgehead atoms. The van der Waals surface area contributed by atoms with E-state index < -0.39 is 0 Å². The van der Waals surface area contributed by atoms with Crippen LogP contribution in [-0.4, -0.2) is 27.0 Å². The van der Waals surface area contributed by atoms with Crippen LogP contribution >= 0.6 is 23.7 Å². The average Bonchev–Trinajstić information content (AvgIpc) is 2.61. The van der Waals surface area contributed by atoms with Crippen LogP contribution in [0.2, 0.25) is 0 Å². The number of hydrogen-bond acceptors (Lipinski definition) is 3. The van der Waals surface area contributed by atoms with E-state index in [4.69, 9.17) is 0 Å². The number of benzene rings is 2. The maximum Gasteiger partial charge on any atom is 0.0894 e. The molecule has 2 heterocycles. The van der Waals surface area contributed by atoms with E-state index in [0.717, 1.165) is 33.2 Å². The summed E-state index contributed by atoms with van der Waals surface area (Å²) in [5.41, 5.74) is 3.82. The largest absolute Gasteiger partial charge is 0.246 e. The van der Waals surface area contributed by atoms with E-state index in [-0.39, 0.29) is 17.1 Å². The SMILES string of the molecule is ClOCl.[Se].c1ccc2nc(-c3ccc4ccccc4n3)ccc2c1. The maximum absolute atomic E-state index is 4.69. The zero-order valence-electron chi connectivity index (χ0n) is 12.4. The third-order valence-electron chi connectivity index (χ3n) is 3.46. The number of para-hydroxylation sites is 2. The van der Waals surface area contributed by atoms with Gasteiger partial charge in [0.15, 0.2) is 0 Å². The third-order valence-corrected chi connectivity index (χ3v) is 3.46. The van der Waals surface area contributed by atoms with Crippen LogP contribution in [0.25, 0.3) is 33.2 Å². The minimum Gasteiger partial charge on any atom is -0.246 e. The molecule has 3 nitrogen and oxygen atoms in total. The Morgan fingerprint density at radius 1 is 0.583 bits per heavy atom. The molecule has 0 N–H and O–H groups in total. The van der Waals surface area contributed by atoms with E-state index in [2.05, 4.69) is 61.8 Å². The smallest absolute Gasteiger partial charge is 0.0894 e. The minimum atomic E-state index is 0. The Hall–Kier alpha value is -1.68. The fourth-order valence-electron chi connectivity index (χ4n) is 2.42. The molecular weight excluding hydrogens is 410 g/mol. The molecule has 2 aromatic carbocycles. The van der Waals surface area contributed by atoms with Gasteiger partial charge in [-0.1, -0.05) is 48.5 Å². The van der Waals surface area contributed by atoms with Crippen molar-refractivity contribution in [1.82, 2.24) is 9.97 Å². The van der Waals surface area contributed by atoms with Crippen molar-refractivity contribution in [3.63, 3.8) is 0 Å². The third kappa shape index (κ3) is 4.23. The van der Waals surface area contributed by atoms with Crippen molar-refractivity contribution in [2.24, 2.45) is 0 Å². The van der Waals surface area contributed by atoms with Crippen molar-refractivity contribution in [1.29, 1.82) is 0 Å². The fraction of sp³-hybridized carbons (Fsp3) is 0.